The molecular formula is C15H27NO. The highest BCUT2D eigenvalue weighted by Crippen LogP contribution is 2.03. The van der Waals surface area contributed by atoms with Crippen molar-refractivity contribution < 1.29 is 4.79 Å². The summed E-state index contributed by atoms with van der Waals surface area (Å²) in [5.74, 6) is 0.121. The number of benzene rings is 1. The Hall–Kier alpha value is -1.31. The van der Waals surface area contributed by atoms with E-state index in [9.17, 15) is 4.79 Å². The first-order valence-electron chi connectivity index (χ1n) is 6.57. The third kappa shape index (κ3) is 11.0. The van der Waals surface area contributed by atoms with Gasteiger partial charge in [0.05, 0.1) is 0 Å². The van der Waals surface area contributed by atoms with Gasteiger partial charge in [-0.3, -0.25) is 4.79 Å². The van der Waals surface area contributed by atoms with Gasteiger partial charge in [0, 0.05) is 13.5 Å². The summed E-state index contributed by atoms with van der Waals surface area (Å²) >= 11 is 0. The van der Waals surface area contributed by atoms with E-state index in [0.717, 1.165) is 12.8 Å². The van der Waals surface area contributed by atoms with Crippen molar-refractivity contribution >= 4 is 5.91 Å². The second kappa shape index (κ2) is 14.7. The van der Waals surface area contributed by atoms with Gasteiger partial charge in [-0.1, -0.05) is 58.0 Å². The topological polar surface area (TPSA) is 29.1 Å². The Morgan fingerprint density at radius 2 is 1.59 bits per heavy atom. The lowest BCUT2D eigenvalue weighted by Crippen LogP contribution is -2.17. The first kappa shape index (κ1) is 18.1. The van der Waals surface area contributed by atoms with E-state index in [1.54, 1.807) is 7.05 Å². The first-order chi connectivity index (χ1) is 8.33. The van der Waals surface area contributed by atoms with E-state index < -0.39 is 0 Å². The molecule has 0 heterocycles. The van der Waals surface area contributed by atoms with Gasteiger partial charge in [-0.25, -0.2) is 0 Å². The number of amides is 1. The third-order valence-corrected chi connectivity index (χ3v) is 1.99. The number of rotatable bonds is 4. The van der Waals surface area contributed by atoms with Gasteiger partial charge >= 0.3 is 0 Å². The summed E-state index contributed by atoms with van der Waals surface area (Å²) in [6.45, 7) is 8.00. The molecule has 0 aliphatic carbocycles. The van der Waals surface area contributed by atoms with Crippen molar-refractivity contribution in [2.45, 2.75) is 47.0 Å². The Balaban J connectivity index is 0. The average molecular weight is 237 g/mol. The van der Waals surface area contributed by atoms with Crippen molar-refractivity contribution in [3.05, 3.63) is 35.9 Å². The molecule has 0 saturated heterocycles. The molecule has 2 nitrogen and oxygen atoms in total. The molecule has 0 fully saturated rings. The molecule has 0 unspecified atom stereocenters. The molecule has 0 aliphatic heterocycles. The predicted molar refractivity (Wildman–Crippen MR) is 76.1 cm³/mol. The summed E-state index contributed by atoms with van der Waals surface area (Å²) in [6, 6.07) is 10.2. The van der Waals surface area contributed by atoms with E-state index in [1.807, 2.05) is 45.9 Å². The highest BCUT2D eigenvalue weighted by atomic mass is 16.1. The van der Waals surface area contributed by atoms with Crippen LogP contribution in [0, 0.1) is 0 Å². The van der Waals surface area contributed by atoms with Crippen LogP contribution in [0.1, 0.15) is 46.1 Å². The molecule has 0 saturated carbocycles. The molecule has 1 N–H and O–H groups in total. The smallest absolute Gasteiger partial charge is 0.219 e. The van der Waals surface area contributed by atoms with Crippen LogP contribution in [-0.2, 0) is 11.2 Å². The molecule has 0 aliphatic rings. The van der Waals surface area contributed by atoms with E-state index in [0.29, 0.717) is 6.42 Å². The molecule has 1 rings (SSSR count). The van der Waals surface area contributed by atoms with Crippen LogP contribution >= 0.6 is 0 Å². The van der Waals surface area contributed by atoms with Crippen LogP contribution in [0.3, 0.4) is 0 Å². The number of hydrogen-bond acceptors (Lipinski definition) is 1. The Bertz CT molecular complexity index is 257. The van der Waals surface area contributed by atoms with Gasteiger partial charge in [0.15, 0.2) is 0 Å². The molecular weight excluding hydrogens is 210 g/mol. The lowest BCUT2D eigenvalue weighted by Gasteiger charge is -2.00. The van der Waals surface area contributed by atoms with Crippen LogP contribution < -0.4 is 5.32 Å². The average Bonchev–Trinajstić information content (AvgIpc) is 2.44. The van der Waals surface area contributed by atoms with Crippen molar-refractivity contribution in [1.82, 2.24) is 5.32 Å². The van der Waals surface area contributed by atoms with Crippen molar-refractivity contribution in [1.29, 1.82) is 0 Å². The van der Waals surface area contributed by atoms with Gasteiger partial charge in [0.25, 0.3) is 0 Å². The van der Waals surface area contributed by atoms with E-state index >= 15 is 0 Å². The summed E-state index contributed by atoms with van der Waals surface area (Å²) in [7, 11) is 1.67. The maximum atomic E-state index is 10.9. The van der Waals surface area contributed by atoms with Gasteiger partial charge in [0.2, 0.25) is 5.91 Å². The molecule has 0 radical (unpaired) electrons. The summed E-state index contributed by atoms with van der Waals surface area (Å²) < 4.78 is 0. The molecule has 0 spiro atoms. The fourth-order valence-corrected chi connectivity index (χ4v) is 1.22. The van der Waals surface area contributed by atoms with Crippen LogP contribution in [0.5, 0.6) is 0 Å². The number of carbonyl (C=O) groups is 1. The molecule has 17 heavy (non-hydrogen) atoms. The maximum absolute atomic E-state index is 10.9. The van der Waals surface area contributed by atoms with Gasteiger partial charge in [-0.05, 0) is 18.4 Å². The molecule has 2 heteroatoms. The lowest BCUT2D eigenvalue weighted by molar-refractivity contribution is -0.120. The van der Waals surface area contributed by atoms with E-state index in [1.165, 1.54) is 5.56 Å². The largest absolute Gasteiger partial charge is 0.359 e. The van der Waals surface area contributed by atoms with E-state index in [-0.39, 0.29) is 5.91 Å². The van der Waals surface area contributed by atoms with Gasteiger partial charge < -0.3 is 5.32 Å². The minimum atomic E-state index is 0.121. The number of aryl methyl sites for hydroxylation is 1. The van der Waals surface area contributed by atoms with Crippen molar-refractivity contribution in [2.75, 3.05) is 7.05 Å². The third-order valence-electron chi connectivity index (χ3n) is 1.99. The Morgan fingerprint density at radius 3 is 2.06 bits per heavy atom. The number of hydrogen-bond donors (Lipinski definition) is 1. The zero-order valence-electron chi connectivity index (χ0n) is 11.9. The summed E-state index contributed by atoms with van der Waals surface area (Å²) in [5, 5.41) is 2.61. The summed E-state index contributed by atoms with van der Waals surface area (Å²) in [6.07, 6.45) is 2.52. The number of carbonyl (C=O) groups excluding carboxylic acids is 1. The zero-order chi connectivity index (χ0) is 13.5. The Kier molecular flexibility index (Phi) is 15.6. The summed E-state index contributed by atoms with van der Waals surface area (Å²) in [4.78, 5) is 10.9. The van der Waals surface area contributed by atoms with Crippen molar-refractivity contribution in [3.63, 3.8) is 0 Å². The number of nitrogens with one attached hydrogen (secondary N) is 1. The Morgan fingerprint density at radius 1 is 1.06 bits per heavy atom. The zero-order valence-corrected chi connectivity index (χ0v) is 11.9. The predicted octanol–water partition coefficient (Wildman–Crippen LogP) is 3.81. The van der Waals surface area contributed by atoms with Crippen LogP contribution in [-0.4, -0.2) is 13.0 Å². The standard InChI is InChI=1S/C11H15NO.2C2H6/c1-12-11(13)9-5-8-10-6-3-2-4-7-10;2*1-2/h2-4,6-7H,5,8-9H2,1H3,(H,12,13);2*1-2H3. The SMILES string of the molecule is CC.CC.CNC(=O)CCCc1ccccc1. The van der Waals surface area contributed by atoms with Crippen LogP contribution in [0.25, 0.3) is 0 Å². The van der Waals surface area contributed by atoms with Crippen LogP contribution in [0.15, 0.2) is 30.3 Å². The molecule has 1 amide bonds. The minimum absolute atomic E-state index is 0.121. The highest BCUT2D eigenvalue weighted by Gasteiger charge is 1.97. The fourth-order valence-electron chi connectivity index (χ4n) is 1.22. The van der Waals surface area contributed by atoms with Gasteiger partial charge in [0.1, 0.15) is 0 Å². The molecule has 0 aromatic heterocycles. The Labute approximate surface area is 106 Å². The monoisotopic (exact) mass is 237 g/mol. The van der Waals surface area contributed by atoms with E-state index in [2.05, 4.69) is 17.4 Å². The van der Waals surface area contributed by atoms with Crippen molar-refractivity contribution in [2.24, 2.45) is 0 Å². The maximum Gasteiger partial charge on any atom is 0.219 e. The van der Waals surface area contributed by atoms with Crippen molar-refractivity contribution in [3.8, 4) is 0 Å². The van der Waals surface area contributed by atoms with Gasteiger partial charge in [-0.2, -0.15) is 0 Å². The second-order valence-electron chi connectivity index (χ2n) is 3.01. The highest BCUT2D eigenvalue weighted by molar-refractivity contribution is 5.75. The fraction of sp³-hybridized carbons (Fsp3) is 0.533. The summed E-state index contributed by atoms with van der Waals surface area (Å²) in [5.41, 5.74) is 1.30. The van der Waals surface area contributed by atoms with Crippen LogP contribution in [0.4, 0.5) is 0 Å². The molecule has 0 atom stereocenters. The normalized spacial score (nSPS) is 8.06. The molecule has 0 bridgehead atoms. The van der Waals surface area contributed by atoms with Crippen LogP contribution in [0.2, 0.25) is 0 Å². The minimum Gasteiger partial charge on any atom is -0.359 e. The molecule has 1 aromatic rings. The lowest BCUT2D eigenvalue weighted by atomic mass is 10.1. The molecule has 98 valence electrons. The van der Waals surface area contributed by atoms with Gasteiger partial charge in [-0.15, -0.1) is 0 Å². The quantitative estimate of drug-likeness (QED) is 0.847. The van der Waals surface area contributed by atoms with E-state index in [4.69, 9.17) is 0 Å². The molecule has 1 aromatic carbocycles. The second-order valence-corrected chi connectivity index (χ2v) is 3.01. The first-order valence-corrected chi connectivity index (χ1v) is 6.57.